The molecule has 3 saturated heterocycles. The van der Waals surface area contributed by atoms with Crippen LogP contribution in [0.5, 0.6) is 0 Å². The summed E-state index contributed by atoms with van der Waals surface area (Å²) in [6.07, 6.45) is -1.38. The number of β-amino-alcohol motifs (C(OH)–C–C–N with tert-alkyl or cyclic N) is 1. The molecule has 0 spiro atoms. The molecule has 0 aromatic heterocycles. The number of aliphatic hydroxyl groups is 2. The number of rotatable bonds is 7. The van der Waals surface area contributed by atoms with E-state index in [-0.39, 0.29) is 24.7 Å². The van der Waals surface area contributed by atoms with Gasteiger partial charge in [0.2, 0.25) is 5.91 Å². The molecule has 9 nitrogen and oxygen atoms in total. The molecule has 0 bridgehead atoms. The average molecular weight is 539 g/mol. The number of aliphatic hydroxyl groups excluding tert-OH is 2. The van der Waals surface area contributed by atoms with Gasteiger partial charge in [0.25, 0.3) is 5.91 Å². The first-order valence-electron chi connectivity index (χ1n) is 12.9. The molecule has 3 fully saturated rings. The van der Waals surface area contributed by atoms with E-state index in [1.807, 2.05) is 68.4 Å². The van der Waals surface area contributed by atoms with Gasteiger partial charge in [-0.05, 0) is 43.4 Å². The van der Waals surface area contributed by atoms with Gasteiger partial charge >= 0.3 is 6.03 Å². The number of carbonyl (C=O) groups is 3. The highest BCUT2D eigenvalue weighted by Crippen LogP contribution is 2.51. The number of urea groups is 1. The summed E-state index contributed by atoms with van der Waals surface area (Å²) in [5.41, 5.74) is 3.02. The molecule has 3 heterocycles. The van der Waals surface area contributed by atoms with Gasteiger partial charge in [-0.1, -0.05) is 54.6 Å². The van der Waals surface area contributed by atoms with Gasteiger partial charge in [0.1, 0.15) is 10.9 Å². The molecule has 38 heavy (non-hydrogen) atoms. The summed E-state index contributed by atoms with van der Waals surface area (Å²) in [6.45, 7) is 5.05. The van der Waals surface area contributed by atoms with Gasteiger partial charge in [-0.3, -0.25) is 9.59 Å². The first kappa shape index (κ1) is 26.5. The number of amides is 4. The van der Waals surface area contributed by atoms with Crippen LogP contribution in [-0.2, 0) is 22.6 Å². The molecule has 5 rings (SSSR count). The van der Waals surface area contributed by atoms with Crippen molar-refractivity contribution < 1.29 is 24.6 Å². The summed E-state index contributed by atoms with van der Waals surface area (Å²) in [6, 6.07) is 15.3. The summed E-state index contributed by atoms with van der Waals surface area (Å²) < 4.78 is 0. The number of nitrogens with one attached hydrogen (secondary N) is 1. The fraction of sp³-hybridized carbons (Fsp3) is 0.464. The minimum absolute atomic E-state index is 0.143. The van der Waals surface area contributed by atoms with Crippen molar-refractivity contribution in [1.29, 1.82) is 0 Å². The Balaban J connectivity index is 1.31. The molecule has 1 unspecified atom stereocenters. The maximum absolute atomic E-state index is 13.6. The van der Waals surface area contributed by atoms with Crippen LogP contribution >= 0.6 is 11.8 Å². The second kappa shape index (κ2) is 10.6. The van der Waals surface area contributed by atoms with Crippen LogP contribution in [0.25, 0.3) is 0 Å². The Labute approximate surface area is 226 Å². The fourth-order valence-corrected chi connectivity index (χ4v) is 6.92. The highest BCUT2D eigenvalue weighted by Gasteiger charge is 2.65. The van der Waals surface area contributed by atoms with Gasteiger partial charge in [-0.2, -0.15) is 0 Å². The molecular formula is C28H34N4O5S. The molecule has 2 aromatic carbocycles. The predicted octanol–water partition coefficient (Wildman–Crippen LogP) is 1.70. The number of β-lactam (4-membered cyclic amide) rings is 1. The van der Waals surface area contributed by atoms with Crippen molar-refractivity contribution in [2.24, 2.45) is 0 Å². The van der Waals surface area contributed by atoms with Gasteiger partial charge in [0.15, 0.2) is 6.10 Å². The Bertz CT molecular complexity index is 1210. The van der Waals surface area contributed by atoms with E-state index in [1.165, 1.54) is 21.6 Å². The summed E-state index contributed by atoms with van der Waals surface area (Å²) in [7, 11) is 0. The van der Waals surface area contributed by atoms with Crippen molar-refractivity contribution in [2.45, 2.75) is 62.4 Å². The molecule has 202 valence electrons. The summed E-state index contributed by atoms with van der Waals surface area (Å²) in [5, 5.41) is 23.9. The number of likely N-dealkylation sites (tertiary alicyclic amines) is 2. The number of nitrogens with zero attached hydrogens (tertiary/aromatic N) is 3. The third-order valence-electron chi connectivity index (χ3n) is 7.92. The quantitative estimate of drug-likeness (QED) is 0.463. The van der Waals surface area contributed by atoms with Crippen molar-refractivity contribution in [3.63, 3.8) is 0 Å². The molecule has 5 atom stereocenters. The lowest BCUT2D eigenvalue weighted by Crippen LogP contribution is -2.73. The fourth-order valence-electron chi connectivity index (χ4n) is 5.54. The topological polar surface area (TPSA) is 113 Å². The largest absolute Gasteiger partial charge is 0.391 e. The van der Waals surface area contributed by atoms with Gasteiger partial charge in [0, 0.05) is 19.6 Å². The Morgan fingerprint density at radius 2 is 1.87 bits per heavy atom. The normalized spacial score (nSPS) is 26.1. The van der Waals surface area contributed by atoms with Gasteiger partial charge in [-0.25, -0.2) is 4.79 Å². The van der Waals surface area contributed by atoms with Crippen molar-refractivity contribution >= 4 is 29.6 Å². The summed E-state index contributed by atoms with van der Waals surface area (Å²) >= 11 is 1.51. The summed E-state index contributed by atoms with van der Waals surface area (Å²) in [5.74, 6) is -0.439. The van der Waals surface area contributed by atoms with E-state index in [1.54, 1.807) is 4.90 Å². The Morgan fingerprint density at radius 1 is 1.16 bits per heavy atom. The smallest absolute Gasteiger partial charge is 0.317 e. The predicted molar refractivity (Wildman–Crippen MR) is 144 cm³/mol. The molecule has 10 heteroatoms. The average Bonchev–Trinajstić information content (AvgIpc) is 3.49. The van der Waals surface area contributed by atoms with Crippen LogP contribution in [0.15, 0.2) is 54.6 Å². The second-order valence-electron chi connectivity index (χ2n) is 10.5. The van der Waals surface area contributed by atoms with E-state index in [9.17, 15) is 24.6 Å². The van der Waals surface area contributed by atoms with E-state index in [0.29, 0.717) is 19.5 Å². The molecular weight excluding hydrogens is 504 g/mol. The van der Waals surface area contributed by atoms with Crippen LogP contribution in [0.3, 0.4) is 0 Å². The standard InChI is InChI=1S/C28H34N4O5S/c1-18-8-6-7-11-20(18)15-32-26(36)24-28(32,2)38-17-31(24)25(35)23(34)22(14-19-9-4-3-5-10-19)29-27(37)30-13-12-21(33)16-30/h3-11,21-24,33-34H,12-17H2,1-2H3,(H,29,37)/t21-,22+,23+,24-,28?/m1/s1. The molecule has 0 saturated carbocycles. The van der Waals surface area contributed by atoms with Crippen molar-refractivity contribution in [3.8, 4) is 0 Å². The van der Waals surface area contributed by atoms with E-state index in [0.717, 1.165) is 16.7 Å². The van der Waals surface area contributed by atoms with Crippen LogP contribution < -0.4 is 5.32 Å². The number of thioether (sulfide) groups is 1. The first-order valence-corrected chi connectivity index (χ1v) is 13.9. The van der Waals surface area contributed by atoms with Crippen molar-refractivity contribution in [2.75, 3.05) is 19.0 Å². The summed E-state index contributed by atoms with van der Waals surface area (Å²) in [4.78, 5) is 44.0. The van der Waals surface area contributed by atoms with E-state index >= 15 is 0 Å². The lowest BCUT2D eigenvalue weighted by atomic mass is 9.91. The van der Waals surface area contributed by atoms with E-state index in [2.05, 4.69) is 5.32 Å². The van der Waals surface area contributed by atoms with Crippen molar-refractivity contribution in [1.82, 2.24) is 20.0 Å². The molecule has 2 aromatic rings. The number of benzene rings is 2. The highest BCUT2D eigenvalue weighted by molar-refractivity contribution is 8.01. The minimum Gasteiger partial charge on any atom is -0.391 e. The van der Waals surface area contributed by atoms with Crippen LogP contribution in [0, 0.1) is 6.92 Å². The molecule has 0 aliphatic carbocycles. The van der Waals surface area contributed by atoms with Gasteiger partial charge < -0.3 is 30.2 Å². The first-order chi connectivity index (χ1) is 18.2. The number of hydrogen-bond acceptors (Lipinski definition) is 6. The molecule has 4 amide bonds. The number of aryl methyl sites for hydroxylation is 1. The number of fused-ring (bicyclic) bond motifs is 1. The van der Waals surface area contributed by atoms with Gasteiger partial charge in [0.05, 0.1) is 18.0 Å². The lowest BCUT2D eigenvalue weighted by Gasteiger charge is -2.53. The Kier molecular flexibility index (Phi) is 7.39. The van der Waals surface area contributed by atoms with E-state index in [4.69, 9.17) is 0 Å². The van der Waals surface area contributed by atoms with Crippen LogP contribution in [0.2, 0.25) is 0 Å². The van der Waals surface area contributed by atoms with Crippen LogP contribution in [-0.4, -0.2) is 90.9 Å². The number of carbonyl (C=O) groups excluding carboxylic acids is 3. The van der Waals surface area contributed by atoms with E-state index < -0.39 is 41.1 Å². The van der Waals surface area contributed by atoms with Crippen LogP contribution in [0.1, 0.15) is 30.0 Å². The molecule has 0 radical (unpaired) electrons. The minimum atomic E-state index is -1.53. The second-order valence-corrected chi connectivity index (χ2v) is 11.8. The monoisotopic (exact) mass is 538 g/mol. The molecule has 3 aliphatic heterocycles. The Morgan fingerprint density at radius 3 is 2.55 bits per heavy atom. The maximum atomic E-state index is 13.6. The zero-order chi connectivity index (χ0) is 27.0. The molecule has 3 aliphatic rings. The maximum Gasteiger partial charge on any atom is 0.317 e. The SMILES string of the molecule is Cc1ccccc1CN1C(=O)[C@H]2N(C(=O)[C@@H](O)[C@H](Cc3ccccc3)NC(=O)N3CC[C@@H](O)C3)CSC21C. The molecule has 3 N–H and O–H groups in total. The Hall–Kier alpha value is -3.08. The third-order valence-corrected chi connectivity index (χ3v) is 9.35. The van der Waals surface area contributed by atoms with Crippen molar-refractivity contribution in [3.05, 3.63) is 71.3 Å². The zero-order valence-electron chi connectivity index (χ0n) is 21.6. The van der Waals surface area contributed by atoms with Gasteiger partial charge in [-0.15, -0.1) is 11.8 Å². The highest BCUT2D eigenvalue weighted by atomic mass is 32.2. The van der Waals surface area contributed by atoms with Crippen LogP contribution in [0.4, 0.5) is 4.79 Å². The zero-order valence-corrected chi connectivity index (χ0v) is 22.4. The lowest BCUT2D eigenvalue weighted by molar-refractivity contribution is -0.168. The third kappa shape index (κ3) is 4.88. The number of hydrogen-bond donors (Lipinski definition) is 3.